The predicted molar refractivity (Wildman–Crippen MR) is 70.8 cm³/mol. The quantitative estimate of drug-likeness (QED) is 0.893. The van der Waals surface area contributed by atoms with Crippen LogP contribution in [0, 0.1) is 5.92 Å². The van der Waals surface area contributed by atoms with Gasteiger partial charge in [0.2, 0.25) is 5.91 Å². The van der Waals surface area contributed by atoms with Gasteiger partial charge >= 0.3 is 0 Å². The van der Waals surface area contributed by atoms with E-state index in [4.69, 9.17) is 0 Å². The molecule has 2 heterocycles. The first-order chi connectivity index (χ1) is 8.09. The van der Waals surface area contributed by atoms with E-state index in [0.717, 1.165) is 6.42 Å². The highest BCUT2D eigenvalue weighted by atomic mass is 32.1. The minimum atomic E-state index is 0.0718. The molecular weight excluding hydrogens is 232 g/mol. The summed E-state index contributed by atoms with van der Waals surface area (Å²) < 4.78 is 0. The molecule has 0 aromatic carbocycles. The summed E-state index contributed by atoms with van der Waals surface area (Å²) >= 11 is 1.68. The molecule has 0 bridgehead atoms. The molecule has 0 radical (unpaired) electrons. The van der Waals surface area contributed by atoms with Crippen molar-refractivity contribution in [3.8, 4) is 0 Å². The molecule has 1 aliphatic rings. The molecule has 1 amide bonds. The smallest absolute Gasteiger partial charge is 0.238 e. The third-order valence-corrected chi connectivity index (χ3v) is 3.86. The summed E-state index contributed by atoms with van der Waals surface area (Å²) in [7, 11) is 0. The second-order valence-electron chi connectivity index (χ2n) is 5.12. The zero-order chi connectivity index (χ0) is 12.4. The van der Waals surface area contributed by atoms with Crippen LogP contribution in [-0.2, 0) is 4.79 Å². The maximum absolute atomic E-state index is 12.0. The molecule has 4 heteroatoms. The van der Waals surface area contributed by atoms with Gasteiger partial charge < -0.3 is 4.90 Å². The molecule has 1 fully saturated rings. The number of carbonyl (C=O) groups is 1. The fourth-order valence-corrected chi connectivity index (χ4v) is 3.20. The van der Waals surface area contributed by atoms with Crippen LogP contribution in [0.15, 0.2) is 16.8 Å². The Bertz CT molecular complexity index is 375. The van der Waals surface area contributed by atoms with Crippen LogP contribution in [0.3, 0.4) is 0 Å². The summed E-state index contributed by atoms with van der Waals surface area (Å²) in [5.74, 6) is 0.830. The topological polar surface area (TPSA) is 32.3 Å². The number of amides is 1. The normalized spacial score (nSPS) is 22.5. The standard InChI is InChI=1S/C13H20N2OS/c1-9(2)6-10(3)15-12(16)7-14-13(15)11-4-5-17-8-11/h4-5,8-10,13-14H,6-7H2,1-3H3. The summed E-state index contributed by atoms with van der Waals surface area (Å²) in [6, 6.07) is 2.39. The summed E-state index contributed by atoms with van der Waals surface area (Å²) in [6.45, 7) is 7.00. The number of thiophene rings is 1. The van der Waals surface area contributed by atoms with E-state index in [1.54, 1.807) is 11.3 Å². The lowest BCUT2D eigenvalue weighted by molar-refractivity contribution is -0.130. The van der Waals surface area contributed by atoms with E-state index in [0.29, 0.717) is 18.5 Å². The Labute approximate surface area is 107 Å². The van der Waals surface area contributed by atoms with Gasteiger partial charge in [-0.3, -0.25) is 10.1 Å². The van der Waals surface area contributed by atoms with Crippen LogP contribution in [-0.4, -0.2) is 23.4 Å². The lowest BCUT2D eigenvalue weighted by Crippen LogP contribution is -2.38. The predicted octanol–water partition coefficient (Wildman–Crippen LogP) is 2.61. The average Bonchev–Trinajstić information content (AvgIpc) is 2.84. The zero-order valence-electron chi connectivity index (χ0n) is 10.6. The maximum Gasteiger partial charge on any atom is 0.238 e. The van der Waals surface area contributed by atoms with E-state index in [1.165, 1.54) is 5.56 Å². The van der Waals surface area contributed by atoms with E-state index in [9.17, 15) is 4.79 Å². The molecule has 1 N–H and O–H groups in total. The van der Waals surface area contributed by atoms with Gasteiger partial charge in [-0.15, -0.1) is 0 Å². The van der Waals surface area contributed by atoms with Gasteiger partial charge in [0.1, 0.15) is 6.17 Å². The van der Waals surface area contributed by atoms with Crippen LogP contribution in [0.2, 0.25) is 0 Å². The second-order valence-corrected chi connectivity index (χ2v) is 5.90. The van der Waals surface area contributed by atoms with Crippen molar-refractivity contribution in [1.82, 2.24) is 10.2 Å². The molecule has 1 aromatic rings. The minimum Gasteiger partial charge on any atom is -0.319 e. The zero-order valence-corrected chi connectivity index (χ0v) is 11.5. The van der Waals surface area contributed by atoms with E-state index >= 15 is 0 Å². The third-order valence-electron chi connectivity index (χ3n) is 3.16. The number of nitrogens with one attached hydrogen (secondary N) is 1. The number of carbonyl (C=O) groups excluding carboxylic acids is 1. The van der Waals surface area contributed by atoms with E-state index in [-0.39, 0.29) is 12.1 Å². The fraction of sp³-hybridized carbons (Fsp3) is 0.615. The number of hydrogen-bond acceptors (Lipinski definition) is 3. The van der Waals surface area contributed by atoms with Crippen molar-refractivity contribution in [3.05, 3.63) is 22.4 Å². The molecule has 94 valence electrons. The van der Waals surface area contributed by atoms with E-state index in [1.807, 2.05) is 4.90 Å². The van der Waals surface area contributed by atoms with Crippen LogP contribution in [0.4, 0.5) is 0 Å². The SMILES string of the molecule is CC(C)CC(C)N1C(=O)CNC1c1ccsc1. The van der Waals surface area contributed by atoms with Crippen molar-refractivity contribution >= 4 is 17.2 Å². The molecule has 1 aromatic heterocycles. The highest BCUT2D eigenvalue weighted by molar-refractivity contribution is 7.07. The first-order valence-electron chi connectivity index (χ1n) is 6.16. The molecule has 17 heavy (non-hydrogen) atoms. The maximum atomic E-state index is 12.0. The van der Waals surface area contributed by atoms with Crippen molar-refractivity contribution in [2.75, 3.05) is 6.54 Å². The minimum absolute atomic E-state index is 0.0718. The third kappa shape index (κ3) is 2.69. The Morgan fingerprint density at radius 3 is 2.88 bits per heavy atom. The van der Waals surface area contributed by atoms with Crippen LogP contribution >= 0.6 is 11.3 Å². The van der Waals surface area contributed by atoms with Gasteiger partial charge in [-0.05, 0) is 41.7 Å². The molecule has 1 saturated heterocycles. The van der Waals surface area contributed by atoms with E-state index < -0.39 is 0 Å². The summed E-state index contributed by atoms with van der Waals surface area (Å²) in [5.41, 5.74) is 1.21. The van der Waals surface area contributed by atoms with Crippen molar-refractivity contribution in [1.29, 1.82) is 0 Å². The van der Waals surface area contributed by atoms with Crippen LogP contribution < -0.4 is 5.32 Å². The van der Waals surface area contributed by atoms with Crippen LogP contribution in [0.1, 0.15) is 38.9 Å². The van der Waals surface area contributed by atoms with E-state index in [2.05, 4.69) is 42.9 Å². The Balaban J connectivity index is 2.14. The number of rotatable bonds is 4. The fourth-order valence-electron chi connectivity index (χ4n) is 2.52. The molecule has 2 unspecified atom stereocenters. The summed E-state index contributed by atoms with van der Waals surface area (Å²) in [4.78, 5) is 14.0. The highest BCUT2D eigenvalue weighted by Gasteiger charge is 2.35. The molecule has 0 saturated carbocycles. The molecule has 0 spiro atoms. The van der Waals surface area contributed by atoms with Gasteiger partial charge in [0.15, 0.2) is 0 Å². The second kappa shape index (κ2) is 5.19. The molecule has 2 rings (SSSR count). The van der Waals surface area contributed by atoms with Gasteiger partial charge in [-0.1, -0.05) is 13.8 Å². The highest BCUT2D eigenvalue weighted by Crippen LogP contribution is 2.28. The lowest BCUT2D eigenvalue weighted by Gasteiger charge is -2.31. The first kappa shape index (κ1) is 12.6. The average molecular weight is 252 g/mol. The van der Waals surface area contributed by atoms with Crippen LogP contribution in [0.5, 0.6) is 0 Å². The van der Waals surface area contributed by atoms with Gasteiger partial charge in [0.25, 0.3) is 0 Å². The summed E-state index contributed by atoms with van der Waals surface area (Å²) in [6.07, 6.45) is 1.12. The van der Waals surface area contributed by atoms with Crippen molar-refractivity contribution < 1.29 is 4.79 Å². The molecule has 0 aliphatic carbocycles. The van der Waals surface area contributed by atoms with Crippen molar-refractivity contribution in [3.63, 3.8) is 0 Å². The van der Waals surface area contributed by atoms with Crippen LogP contribution in [0.25, 0.3) is 0 Å². The Hall–Kier alpha value is -0.870. The molecule has 1 aliphatic heterocycles. The first-order valence-corrected chi connectivity index (χ1v) is 7.10. The largest absolute Gasteiger partial charge is 0.319 e. The Kier molecular flexibility index (Phi) is 3.84. The van der Waals surface area contributed by atoms with Gasteiger partial charge in [0.05, 0.1) is 6.54 Å². The van der Waals surface area contributed by atoms with Gasteiger partial charge in [0, 0.05) is 6.04 Å². The monoisotopic (exact) mass is 252 g/mol. The lowest BCUT2D eigenvalue weighted by atomic mass is 10.0. The molecule has 2 atom stereocenters. The van der Waals surface area contributed by atoms with Crippen molar-refractivity contribution in [2.45, 2.75) is 39.4 Å². The molecule has 3 nitrogen and oxygen atoms in total. The molecular formula is C13H20N2OS. The Morgan fingerprint density at radius 1 is 1.53 bits per heavy atom. The van der Waals surface area contributed by atoms with Crippen molar-refractivity contribution in [2.24, 2.45) is 5.92 Å². The van der Waals surface area contributed by atoms with Gasteiger partial charge in [-0.25, -0.2) is 0 Å². The Morgan fingerprint density at radius 2 is 2.29 bits per heavy atom. The van der Waals surface area contributed by atoms with Gasteiger partial charge in [-0.2, -0.15) is 11.3 Å². The summed E-state index contributed by atoms with van der Waals surface area (Å²) in [5, 5.41) is 7.47. The number of hydrogen-bond donors (Lipinski definition) is 1. The number of nitrogens with zero attached hydrogens (tertiary/aromatic N) is 1.